The maximum atomic E-state index is 12.7. The molecule has 0 fully saturated rings. The molecule has 0 aliphatic rings. The van der Waals surface area contributed by atoms with Crippen molar-refractivity contribution < 1.29 is 4.79 Å². The van der Waals surface area contributed by atoms with Gasteiger partial charge in [0.1, 0.15) is 11.4 Å². The highest BCUT2D eigenvalue weighted by molar-refractivity contribution is 7.99. The molecule has 0 unspecified atom stereocenters. The zero-order valence-electron chi connectivity index (χ0n) is 17.3. The third kappa shape index (κ3) is 5.23. The lowest BCUT2D eigenvalue weighted by Crippen LogP contribution is -2.37. The number of hydrogen-bond donors (Lipinski definition) is 3. The summed E-state index contributed by atoms with van der Waals surface area (Å²) in [4.78, 5) is 51.3. The first-order valence-corrected chi connectivity index (χ1v) is 10.7. The first-order valence-electron chi connectivity index (χ1n) is 9.75. The number of thioether (sulfide) groups is 1. The highest BCUT2D eigenvalue weighted by atomic mass is 32.2. The summed E-state index contributed by atoms with van der Waals surface area (Å²) < 4.78 is 2.63. The van der Waals surface area contributed by atoms with Crippen molar-refractivity contribution in [1.29, 1.82) is 0 Å². The molecule has 3 aromatic rings. The van der Waals surface area contributed by atoms with Crippen molar-refractivity contribution in [3.8, 4) is 0 Å². The molecule has 0 aliphatic heterocycles. The molecule has 0 bridgehead atoms. The number of nitrogens with two attached hydrogens (primary N) is 1. The zero-order valence-corrected chi connectivity index (χ0v) is 18.1. The van der Waals surface area contributed by atoms with E-state index in [1.165, 1.54) is 9.13 Å². The molecule has 164 valence electrons. The average Bonchev–Trinajstić information content (AvgIpc) is 3.08. The van der Waals surface area contributed by atoms with Crippen LogP contribution in [0, 0.1) is 5.92 Å². The molecule has 1 aromatic carbocycles. The Morgan fingerprint density at radius 2 is 1.84 bits per heavy atom. The van der Waals surface area contributed by atoms with Gasteiger partial charge in [0.2, 0.25) is 0 Å². The van der Waals surface area contributed by atoms with Crippen LogP contribution in [0.2, 0.25) is 0 Å². The Balaban J connectivity index is 1.77. The SMILES string of the molecule is CC(C)Cn1c(N)c(C(=O)CSc2n[nH]c(=O)n2CCc2ccccc2)c(=O)[nH]c1=O. The van der Waals surface area contributed by atoms with E-state index in [4.69, 9.17) is 5.73 Å². The molecule has 4 N–H and O–H groups in total. The van der Waals surface area contributed by atoms with Crippen LogP contribution in [0.4, 0.5) is 5.82 Å². The maximum absolute atomic E-state index is 12.7. The van der Waals surface area contributed by atoms with Crippen LogP contribution in [0.3, 0.4) is 0 Å². The fourth-order valence-electron chi connectivity index (χ4n) is 3.10. The van der Waals surface area contributed by atoms with E-state index in [0.717, 1.165) is 17.3 Å². The van der Waals surface area contributed by atoms with Crippen LogP contribution < -0.4 is 22.7 Å². The van der Waals surface area contributed by atoms with Crippen LogP contribution in [-0.4, -0.2) is 35.9 Å². The number of nitrogen functional groups attached to an aromatic ring is 1. The van der Waals surface area contributed by atoms with E-state index in [1.807, 2.05) is 44.2 Å². The molecule has 0 saturated heterocycles. The van der Waals surface area contributed by atoms with Crippen molar-refractivity contribution in [2.75, 3.05) is 11.5 Å². The number of H-pyrrole nitrogens is 2. The van der Waals surface area contributed by atoms with Crippen LogP contribution in [0.15, 0.2) is 49.9 Å². The van der Waals surface area contributed by atoms with Crippen LogP contribution in [-0.2, 0) is 19.5 Å². The number of hydrogen-bond acceptors (Lipinski definition) is 7. The Labute approximate surface area is 181 Å². The summed E-state index contributed by atoms with van der Waals surface area (Å²) in [6.07, 6.45) is 0.620. The lowest BCUT2D eigenvalue weighted by atomic mass is 10.1. The Morgan fingerprint density at radius 3 is 2.52 bits per heavy atom. The number of aromatic amines is 2. The smallest absolute Gasteiger partial charge is 0.343 e. The largest absolute Gasteiger partial charge is 0.384 e. The summed E-state index contributed by atoms with van der Waals surface area (Å²) in [5, 5.41) is 6.69. The molecular formula is C20H24N6O4S. The molecule has 0 saturated carbocycles. The predicted molar refractivity (Wildman–Crippen MR) is 119 cm³/mol. The second-order valence-corrected chi connectivity index (χ2v) is 8.38. The van der Waals surface area contributed by atoms with E-state index < -0.39 is 17.0 Å². The Bertz CT molecular complexity index is 1240. The first kappa shape index (κ1) is 22.3. The minimum atomic E-state index is -0.823. The monoisotopic (exact) mass is 444 g/mol. The number of Topliss-reactive ketones (excluding diaryl/α,β-unsaturated/α-hetero) is 1. The average molecular weight is 445 g/mol. The number of rotatable bonds is 9. The van der Waals surface area contributed by atoms with E-state index >= 15 is 0 Å². The molecule has 2 heterocycles. The Kier molecular flexibility index (Phi) is 6.95. The zero-order chi connectivity index (χ0) is 22.5. The van der Waals surface area contributed by atoms with Gasteiger partial charge in [-0.25, -0.2) is 14.7 Å². The van der Waals surface area contributed by atoms with Gasteiger partial charge in [-0.2, -0.15) is 0 Å². The number of ketones is 1. The van der Waals surface area contributed by atoms with Gasteiger partial charge in [0.05, 0.1) is 5.75 Å². The highest BCUT2D eigenvalue weighted by Gasteiger charge is 2.21. The highest BCUT2D eigenvalue weighted by Crippen LogP contribution is 2.17. The van der Waals surface area contributed by atoms with Gasteiger partial charge >= 0.3 is 11.4 Å². The van der Waals surface area contributed by atoms with E-state index in [0.29, 0.717) is 18.1 Å². The molecule has 0 amide bonds. The number of aromatic nitrogens is 5. The van der Waals surface area contributed by atoms with Crippen LogP contribution in [0.5, 0.6) is 0 Å². The number of anilines is 1. The lowest BCUT2D eigenvalue weighted by molar-refractivity contribution is 0.102. The summed E-state index contributed by atoms with van der Waals surface area (Å²) >= 11 is 1.02. The molecule has 3 rings (SSSR count). The Morgan fingerprint density at radius 1 is 1.13 bits per heavy atom. The third-order valence-electron chi connectivity index (χ3n) is 4.59. The molecule has 0 atom stereocenters. The van der Waals surface area contributed by atoms with Gasteiger partial charge in [-0.05, 0) is 17.9 Å². The summed E-state index contributed by atoms with van der Waals surface area (Å²) in [5.41, 5.74) is 4.93. The molecule has 11 heteroatoms. The number of nitrogens with zero attached hydrogens (tertiary/aromatic N) is 3. The molecule has 2 aromatic heterocycles. The van der Waals surface area contributed by atoms with Gasteiger partial charge in [0.15, 0.2) is 10.9 Å². The lowest BCUT2D eigenvalue weighted by Gasteiger charge is -2.13. The molecular weight excluding hydrogens is 420 g/mol. The summed E-state index contributed by atoms with van der Waals surface area (Å²) in [6, 6.07) is 9.67. The van der Waals surface area contributed by atoms with Gasteiger partial charge in [-0.1, -0.05) is 55.9 Å². The number of aryl methyl sites for hydroxylation is 1. The van der Waals surface area contributed by atoms with Crippen LogP contribution >= 0.6 is 11.8 Å². The fourth-order valence-corrected chi connectivity index (χ4v) is 3.95. The molecule has 0 spiro atoms. The minimum absolute atomic E-state index is 0.0892. The van der Waals surface area contributed by atoms with Gasteiger partial charge < -0.3 is 5.73 Å². The van der Waals surface area contributed by atoms with E-state index in [-0.39, 0.29) is 35.3 Å². The van der Waals surface area contributed by atoms with Gasteiger partial charge in [-0.15, -0.1) is 5.10 Å². The summed E-state index contributed by atoms with van der Waals surface area (Å²) in [6.45, 7) is 4.44. The standard InChI is InChI=1S/C20H24N6O4S/c1-12(2)10-26-16(21)15(17(28)22-18(26)29)14(27)11-31-20-24-23-19(30)25(20)9-8-13-6-4-3-5-7-13/h3-7,12H,8-11,21H2,1-2H3,(H,23,30)(H,22,28,29). The molecule has 31 heavy (non-hydrogen) atoms. The van der Waals surface area contributed by atoms with E-state index in [2.05, 4.69) is 15.2 Å². The minimum Gasteiger partial charge on any atom is -0.384 e. The Hall–Kier alpha value is -3.34. The maximum Gasteiger partial charge on any atom is 0.343 e. The topological polar surface area (TPSA) is 149 Å². The van der Waals surface area contributed by atoms with Crippen molar-refractivity contribution in [2.45, 2.75) is 38.5 Å². The first-order chi connectivity index (χ1) is 14.8. The fraction of sp³-hybridized carbons (Fsp3) is 0.350. The molecule has 0 radical (unpaired) electrons. The number of benzene rings is 1. The van der Waals surface area contributed by atoms with Crippen LogP contribution in [0.25, 0.3) is 0 Å². The van der Waals surface area contributed by atoms with Gasteiger partial charge in [-0.3, -0.25) is 23.7 Å². The van der Waals surface area contributed by atoms with Gasteiger partial charge in [0.25, 0.3) is 5.56 Å². The molecule has 0 aliphatic carbocycles. The third-order valence-corrected chi connectivity index (χ3v) is 5.57. The molecule has 10 nitrogen and oxygen atoms in total. The van der Waals surface area contributed by atoms with Crippen molar-refractivity contribution in [2.24, 2.45) is 5.92 Å². The van der Waals surface area contributed by atoms with Gasteiger partial charge in [0, 0.05) is 13.1 Å². The van der Waals surface area contributed by atoms with Crippen LogP contribution in [0.1, 0.15) is 29.8 Å². The number of carbonyl (C=O) groups excluding carboxylic acids is 1. The second kappa shape index (κ2) is 9.65. The van der Waals surface area contributed by atoms with Crippen molar-refractivity contribution in [3.63, 3.8) is 0 Å². The number of nitrogens with one attached hydrogen (secondary N) is 2. The normalized spacial score (nSPS) is 11.2. The quantitative estimate of drug-likeness (QED) is 0.328. The second-order valence-electron chi connectivity index (χ2n) is 7.43. The van der Waals surface area contributed by atoms with E-state index in [1.54, 1.807) is 0 Å². The van der Waals surface area contributed by atoms with Crippen molar-refractivity contribution >= 4 is 23.4 Å². The van der Waals surface area contributed by atoms with Crippen molar-refractivity contribution in [1.82, 2.24) is 24.3 Å². The summed E-state index contributed by atoms with van der Waals surface area (Å²) in [5.74, 6) is -0.780. The summed E-state index contributed by atoms with van der Waals surface area (Å²) in [7, 11) is 0. The van der Waals surface area contributed by atoms with Crippen molar-refractivity contribution in [3.05, 3.63) is 72.8 Å². The number of carbonyl (C=O) groups is 1. The predicted octanol–water partition coefficient (Wildman–Crippen LogP) is 0.877. The van der Waals surface area contributed by atoms with E-state index in [9.17, 15) is 19.2 Å².